The molecule has 0 fully saturated rings. The zero-order chi connectivity index (χ0) is 21.7. The molecule has 8 heteroatoms. The van der Waals surface area contributed by atoms with Gasteiger partial charge in [-0.15, -0.1) is 0 Å². The molecule has 0 saturated heterocycles. The number of nitrogens with zero attached hydrogens (tertiary/aromatic N) is 3. The number of rotatable bonds is 3. The van der Waals surface area contributed by atoms with Gasteiger partial charge >= 0.3 is 5.97 Å². The van der Waals surface area contributed by atoms with Crippen molar-refractivity contribution in [2.45, 2.75) is 19.5 Å². The third-order valence-electron chi connectivity index (χ3n) is 5.64. The number of carboxylic acid groups (broad SMARTS) is 1. The number of aromatic hydroxyl groups is 1. The SMILES string of the molecule is O=C(O)c1c2c(nc3ccccc13)CCN(Cc1ccc3c(Cl)cc(Cl)c(O)c3n1)C2. The molecule has 6 nitrogen and oxygen atoms in total. The first-order valence-corrected chi connectivity index (χ1v) is 10.5. The predicted molar refractivity (Wildman–Crippen MR) is 120 cm³/mol. The maximum absolute atomic E-state index is 12.1. The fourth-order valence-electron chi connectivity index (χ4n) is 4.19. The lowest BCUT2D eigenvalue weighted by atomic mass is 9.95. The predicted octanol–water partition coefficient (Wildman–Crippen LogP) is 5.05. The number of benzene rings is 2. The number of carbonyl (C=O) groups is 1. The van der Waals surface area contributed by atoms with Crippen LogP contribution in [0.25, 0.3) is 21.8 Å². The van der Waals surface area contributed by atoms with Gasteiger partial charge in [-0.05, 0) is 24.3 Å². The minimum absolute atomic E-state index is 0.101. The molecule has 2 aromatic carbocycles. The number of carboxylic acids is 1. The van der Waals surface area contributed by atoms with Crippen LogP contribution in [0.4, 0.5) is 0 Å². The second-order valence-corrected chi connectivity index (χ2v) is 8.40. The van der Waals surface area contributed by atoms with Crippen molar-refractivity contribution in [3.8, 4) is 5.75 Å². The van der Waals surface area contributed by atoms with E-state index in [1.807, 2.05) is 30.3 Å². The summed E-state index contributed by atoms with van der Waals surface area (Å²) >= 11 is 12.3. The van der Waals surface area contributed by atoms with Crippen LogP contribution in [0.3, 0.4) is 0 Å². The summed E-state index contributed by atoms with van der Waals surface area (Å²) in [6, 6.07) is 12.5. The Bertz CT molecular complexity index is 1370. The molecule has 0 bridgehead atoms. The first-order chi connectivity index (χ1) is 14.9. The quantitative estimate of drug-likeness (QED) is 0.451. The largest absolute Gasteiger partial charge is 0.504 e. The standard InChI is InChI=1S/C23H17Cl2N3O3/c24-16-9-17(25)22(29)21-13(16)6-5-12(26-21)10-28-8-7-19-15(11-28)20(23(30)31)14-3-1-2-4-18(14)27-19/h1-6,9,29H,7-8,10-11H2,(H,30,31). The normalized spacial score (nSPS) is 14.1. The Kier molecular flexibility index (Phi) is 4.93. The maximum atomic E-state index is 12.1. The molecule has 0 spiro atoms. The van der Waals surface area contributed by atoms with Crippen LogP contribution >= 0.6 is 23.2 Å². The molecule has 0 atom stereocenters. The number of fused-ring (bicyclic) bond motifs is 3. The summed E-state index contributed by atoms with van der Waals surface area (Å²) in [5.41, 5.74) is 3.67. The molecule has 0 saturated carbocycles. The lowest BCUT2D eigenvalue weighted by Crippen LogP contribution is -2.32. The average Bonchev–Trinajstić information content (AvgIpc) is 2.75. The minimum Gasteiger partial charge on any atom is -0.504 e. The van der Waals surface area contributed by atoms with Gasteiger partial charge in [0.15, 0.2) is 5.75 Å². The topological polar surface area (TPSA) is 86.5 Å². The van der Waals surface area contributed by atoms with Gasteiger partial charge in [0.1, 0.15) is 5.52 Å². The number of para-hydroxylation sites is 1. The van der Waals surface area contributed by atoms with Gasteiger partial charge in [-0.3, -0.25) is 9.88 Å². The smallest absolute Gasteiger partial charge is 0.336 e. The van der Waals surface area contributed by atoms with Crippen LogP contribution < -0.4 is 0 Å². The van der Waals surface area contributed by atoms with E-state index in [4.69, 9.17) is 28.2 Å². The fourth-order valence-corrected chi connectivity index (χ4v) is 4.70. The molecule has 4 aromatic rings. The van der Waals surface area contributed by atoms with Crippen molar-refractivity contribution >= 4 is 51.0 Å². The molecule has 2 aromatic heterocycles. The summed E-state index contributed by atoms with van der Waals surface area (Å²) in [4.78, 5) is 23.5. The molecular weight excluding hydrogens is 437 g/mol. The van der Waals surface area contributed by atoms with Crippen molar-refractivity contribution in [3.05, 3.63) is 75.0 Å². The Morgan fingerprint density at radius 2 is 1.87 bits per heavy atom. The molecule has 0 radical (unpaired) electrons. The van der Waals surface area contributed by atoms with Gasteiger partial charge in [0.05, 0.1) is 26.8 Å². The lowest BCUT2D eigenvalue weighted by Gasteiger charge is -2.29. The van der Waals surface area contributed by atoms with Gasteiger partial charge in [-0.1, -0.05) is 41.4 Å². The molecule has 31 heavy (non-hydrogen) atoms. The number of halogens is 2. The summed E-state index contributed by atoms with van der Waals surface area (Å²) < 4.78 is 0. The molecule has 0 unspecified atom stereocenters. The van der Waals surface area contributed by atoms with Crippen molar-refractivity contribution in [1.29, 1.82) is 0 Å². The van der Waals surface area contributed by atoms with E-state index in [0.29, 0.717) is 51.9 Å². The van der Waals surface area contributed by atoms with Gasteiger partial charge in [0, 0.05) is 48.1 Å². The van der Waals surface area contributed by atoms with E-state index >= 15 is 0 Å². The monoisotopic (exact) mass is 453 g/mol. The lowest BCUT2D eigenvalue weighted by molar-refractivity contribution is 0.0695. The summed E-state index contributed by atoms with van der Waals surface area (Å²) in [7, 11) is 0. The zero-order valence-corrected chi connectivity index (χ0v) is 17.8. The molecule has 5 rings (SSSR count). The third kappa shape index (κ3) is 3.47. The number of phenolic OH excluding ortho intramolecular Hbond substituents is 1. The first kappa shape index (κ1) is 20.0. The van der Waals surface area contributed by atoms with Gasteiger partial charge < -0.3 is 10.2 Å². The highest BCUT2D eigenvalue weighted by atomic mass is 35.5. The summed E-state index contributed by atoms with van der Waals surface area (Å²) in [5, 5.41) is 22.1. The Morgan fingerprint density at radius 3 is 2.68 bits per heavy atom. The number of hydrogen-bond donors (Lipinski definition) is 2. The molecule has 0 aliphatic carbocycles. The van der Waals surface area contributed by atoms with Crippen molar-refractivity contribution in [1.82, 2.24) is 14.9 Å². The molecule has 0 amide bonds. The molecule has 1 aliphatic rings. The second kappa shape index (κ2) is 7.64. The average molecular weight is 454 g/mol. The molecular formula is C23H17Cl2N3O3. The van der Waals surface area contributed by atoms with E-state index < -0.39 is 5.97 Å². The van der Waals surface area contributed by atoms with Crippen LogP contribution in [0.2, 0.25) is 10.0 Å². The summed E-state index contributed by atoms with van der Waals surface area (Å²) in [6.07, 6.45) is 0.650. The van der Waals surface area contributed by atoms with Crippen LogP contribution in [0.5, 0.6) is 5.75 Å². The van der Waals surface area contributed by atoms with Crippen molar-refractivity contribution in [2.24, 2.45) is 0 Å². The Hall–Kier alpha value is -2.93. The number of phenols is 1. The summed E-state index contributed by atoms with van der Waals surface area (Å²) in [5.74, 6) is -1.05. The molecule has 3 heterocycles. The highest BCUT2D eigenvalue weighted by molar-refractivity contribution is 6.39. The van der Waals surface area contributed by atoms with Crippen LogP contribution in [-0.2, 0) is 19.5 Å². The minimum atomic E-state index is -0.949. The van der Waals surface area contributed by atoms with Gasteiger partial charge in [-0.25, -0.2) is 9.78 Å². The van der Waals surface area contributed by atoms with E-state index in [1.54, 1.807) is 6.07 Å². The van der Waals surface area contributed by atoms with Gasteiger partial charge in [-0.2, -0.15) is 0 Å². The number of aromatic carboxylic acids is 1. The van der Waals surface area contributed by atoms with Crippen LogP contribution in [-0.4, -0.2) is 37.6 Å². The van der Waals surface area contributed by atoms with Crippen LogP contribution in [0, 0.1) is 0 Å². The number of pyridine rings is 2. The summed E-state index contributed by atoms with van der Waals surface area (Å²) in [6.45, 7) is 1.67. The van der Waals surface area contributed by atoms with E-state index in [9.17, 15) is 15.0 Å². The number of hydrogen-bond acceptors (Lipinski definition) is 5. The maximum Gasteiger partial charge on any atom is 0.336 e. The van der Waals surface area contributed by atoms with E-state index in [-0.39, 0.29) is 10.8 Å². The molecule has 156 valence electrons. The highest BCUT2D eigenvalue weighted by Crippen LogP contribution is 2.36. The van der Waals surface area contributed by atoms with Crippen molar-refractivity contribution in [3.63, 3.8) is 0 Å². The first-order valence-electron chi connectivity index (χ1n) is 9.75. The highest BCUT2D eigenvalue weighted by Gasteiger charge is 2.26. The van der Waals surface area contributed by atoms with E-state index in [2.05, 4.69) is 9.88 Å². The Morgan fingerprint density at radius 1 is 1.06 bits per heavy atom. The molecule has 2 N–H and O–H groups in total. The number of aromatic nitrogens is 2. The van der Waals surface area contributed by atoms with Crippen molar-refractivity contribution < 1.29 is 15.0 Å². The second-order valence-electron chi connectivity index (χ2n) is 7.58. The zero-order valence-electron chi connectivity index (χ0n) is 16.3. The fraction of sp³-hybridized carbons (Fsp3) is 0.174. The third-order valence-corrected chi connectivity index (χ3v) is 6.24. The van der Waals surface area contributed by atoms with Crippen LogP contribution in [0.15, 0.2) is 42.5 Å². The Balaban J connectivity index is 1.51. The van der Waals surface area contributed by atoms with Crippen LogP contribution in [0.1, 0.15) is 27.3 Å². The van der Waals surface area contributed by atoms with Gasteiger partial charge in [0.2, 0.25) is 0 Å². The Labute approximate surface area is 187 Å². The molecule has 1 aliphatic heterocycles. The van der Waals surface area contributed by atoms with E-state index in [0.717, 1.165) is 23.5 Å². The van der Waals surface area contributed by atoms with Gasteiger partial charge in [0.25, 0.3) is 0 Å². The van der Waals surface area contributed by atoms with Crippen molar-refractivity contribution in [2.75, 3.05) is 6.54 Å². The van der Waals surface area contributed by atoms with E-state index in [1.165, 1.54) is 6.07 Å².